The van der Waals surface area contributed by atoms with E-state index < -0.39 is 0 Å². The van der Waals surface area contributed by atoms with E-state index in [1.165, 1.54) is 27.1 Å². The molecule has 0 bridgehead atoms. The molecule has 48 heavy (non-hydrogen) atoms. The van der Waals surface area contributed by atoms with Crippen molar-refractivity contribution < 1.29 is 4.42 Å². The van der Waals surface area contributed by atoms with E-state index in [1.807, 2.05) is 12.1 Å². The topological polar surface area (TPSA) is 40.8 Å². The molecule has 5 nitrogen and oxygen atoms in total. The fourth-order valence-electron chi connectivity index (χ4n) is 7.78. The summed E-state index contributed by atoms with van der Waals surface area (Å²) in [5.41, 5.74) is 10.4. The van der Waals surface area contributed by atoms with Gasteiger partial charge in [0.2, 0.25) is 5.95 Å². The molecule has 11 aromatic rings. The lowest BCUT2D eigenvalue weighted by Gasteiger charge is -2.13. The van der Waals surface area contributed by atoms with Gasteiger partial charge in [-0.15, -0.1) is 0 Å². The summed E-state index contributed by atoms with van der Waals surface area (Å²) in [5, 5.41) is 6.98. The summed E-state index contributed by atoms with van der Waals surface area (Å²) in [6, 6.07) is 55.9. The lowest BCUT2D eigenvalue weighted by molar-refractivity contribution is 0.669. The molecule has 0 saturated carbocycles. The summed E-state index contributed by atoms with van der Waals surface area (Å²) in [6.45, 7) is 0. The smallest absolute Gasteiger partial charge is 0.220 e. The van der Waals surface area contributed by atoms with Crippen LogP contribution >= 0.6 is 0 Å². The van der Waals surface area contributed by atoms with E-state index in [9.17, 15) is 0 Å². The minimum absolute atomic E-state index is 0.837. The molecule has 0 amide bonds. The molecule has 11 rings (SSSR count). The van der Waals surface area contributed by atoms with Gasteiger partial charge in [-0.2, -0.15) is 0 Å². The zero-order valence-electron chi connectivity index (χ0n) is 25.7. The molecule has 0 fully saturated rings. The highest BCUT2D eigenvalue weighted by Crippen LogP contribution is 2.39. The third kappa shape index (κ3) is 3.42. The number of nitrogens with zero attached hydrogens (tertiary/aromatic N) is 4. The molecule has 0 N–H and O–H groups in total. The Morgan fingerprint density at radius 2 is 0.938 bits per heavy atom. The van der Waals surface area contributed by atoms with E-state index in [0.29, 0.717) is 0 Å². The van der Waals surface area contributed by atoms with Crippen LogP contribution in [0.15, 0.2) is 162 Å². The van der Waals surface area contributed by atoms with Gasteiger partial charge < -0.3 is 8.98 Å². The quantitative estimate of drug-likeness (QED) is 0.199. The van der Waals surface area contributed by atoms with Crippen molar-refractivity contribution in [3.8, 4) is 17.3 Å². The Morgan fingerprint density at radius 3 is 1.67 bits per heavy atom. The van der Waals surface area contributed by atoms with E-state index in [2.05, 4.69) is 159 Å². The van der Waals surface area contributed by atoms with Crippen molar-refractivity contribution in [3.63, 3.8) is 0 Å². The maximum Gasteiger partial charge on any atom is 0.220 e. The predicted octanol–water partition coefficient (Wildman–Crippen LogP) is 11.1. The van der Waals surface area contributed by atoms with Crippen molar-refractivity contribution in [2.45, 2.75) is 0 Å². The van der Waals surface area contributed by atoms with Gasteiger partial charge in [0.25, 0.3) is 0 Å². The first-order valence-electron chi connectivity index (χ1n) is 16.2. The fraction of sp³-hybridized carbons (Fsp3) is 0. The Morgan fingerprint density at radius 1 is 0.354 bits per heavy atom. The minimum Gasteiger partial charge on any atom is -0.456 e. The van der Waals surface area contributed by atoms with E-state index in [-0.39, 0.29) is 0 Å². The number of aromatic nitrogens is 4. The van der Waals surface area contributed by atoms with Gasteiger partial charge in [0.1, 0.15) is 11.2 Å². The fourth-order valence-corrected chi connectivity index (χ4v) is 7.78. The number of furan rings is 1. The monoisotopic (exact) mass is 614 g/mol. The standard InChI is InChI=1S/C43H26N4O/c1-2-12-27(13-3-1)45-36-18-8-6-16-31(36)33-24-28(22-23-39(33)45)46-40-25-34-32-17-7-11-21-41(32)48-42(34)26-35(40)44-43(46)47-37-19-9-4-14-29(37)30-15-5-10-20-38(30)47/h1-26H. The zero-order valence-corrected chi connectivity index (χ0v) is 25.7. The summed E-state index contributed by atoms with van der Waals surface area (Å²) in [4.78, 5) is 5.41. The molecule has 0 aliphatic rings. The molecule has 0 radical (unpaired) electrons. The van der Waals surface area contributed by atoms with Crippen molar-refractivity contribution in [2.75, 3.05) is 0 Å². The van der Waals surface area contributed by atoms with Crippen LogP contribution in [0, 0.1) is 0 Å². The van der Waals surface area contributed by atoms with Crippen LogP contribution in [0.25, 0.3) is 93.9 Å². The van der Waals surface area contributed by atoms with Crippen LogP contribution in [0.3, 0.4) is 0 Å². The molecule has 7 aromatic carbocycles. The van der Waals surface area contributed by atoms with Gasteiger partial charge in [-0.1, -0.05) is 91.0 Å². The molecule has 0 atom stereocenters. The summed E-state index contributed by atoms with van der Waals surface area (Å²) in [5.74, 6) is 0.838. The van der Waals surface area contributed by atoms with Crippen LogP contribution in [-0.4, -0.2) is 18.7 Å². The predicted molar refractivity (Wildman–Crippen MR) is 197 cm³/mol. The molecule has 4 heterocycles. The number of para-hydroxylation sites is 5. The summed E-state index contributed by atoms with van der Waals surface area (Å²) in [7, 11) is 0. The number of rotatable bonds is 3. The van der Waals surface area contributed by atoms with Crippen LogP contribution in [0.1, 0.15) is 0 Å². The summed E-state index contributed by atoms with van der Waals surface area (Å²) >= 11 is 0. The molecule has 224 valence electrons. The Kier molecular flexibility index (Phi) is 5.05. The van der Waals surface area contributed by atoms with Crippen molar-refractivity contribution in [2.24, 2.45) is 0 Å². The lowest BCUT2D eigenvalue weighted by atomic mass is 10.1. The highest BCUT2D eigenvalue weighted by Gasteiger charge is 2.22. The SMILES string of the molecule is c1ccc(-n2c3ccccc3c3cc(-n4c(-n5c6ccccc6c6ccccc65)nc5cc6oc7ccccc7c6cc54)ccc32)cc1. The van der Waals surface area contributed by atoms with Crippen LogP contribution in [-0.2, 0) is 0 Å². The average Bonchev–Trinajstić information content (AvgIpc) is 3.88. The van der Waals surface area contributed by atoms with Gasteiger partial charge in [-0.3, -0.25) is 9.13 Å². The van der Waals surface area contributed by atoms with Crippen LogP contribution in [0.4, 0.5) is 0 Å². The number of fused-ring (bicyclic) bond motifs is 10. The Balaban J connectivity index is 1.28. The average molecular weight is 615 g/mol. The molecule has 0 aliphatic heterocycles. The highest BCUT2D eigenvalue weighted by molar-refractivity contribution is 6.12. The van der Waals surface area contributed by atoms with Gasteiger partial charge in [0.05, 0.1) is 33.1 Å². The maximum atomic E-state index is 6.34. The lowest BCUT2D eigenvalue weighted by Crippen LogP contribution is -2.05. The van der Waals surface area contributed by atoms with E-state index >= 15 is 0 Å². The zero-order chi connectivity index (χ0) is 31.3. The molecule has 0 aliphatic carbocycles. The van der Waals surface area contributed by atoms with Crippen LogP contribution < -0.4 is 0 Å². The number of benzene rings is 7. The number of hydrogen-bond donors (Lipinski definition) is 0. The van der Waals surface area contributed by atoms with Crippen molar-refractivity contribution in [1.82, 2.24) is 18.7 Å². The second-order valence-electron chi connectivity index (χ2n) is 12.4. The first-order chi connectivity index (χ1) is 23.8. The Bertz CT molecular complexity index is 3010. The van der Waals surface area contributed by atoms with Crippen molar-refractivity contribution in [1.29, 1.82) is 0 Å². The summed E-state index contributed by atoms with van der Waals surface area (Å²) in [6.07, 6.45) is 0. The molecule has 0 saturated heterocycles. The Hall–Kier alpha value is -6.59. The van der Waals surface area contributed by atoms with Gasteiger partial charge in [0, 0.05) is 49.8 Å². The van der Waals surface area contributed by atoms with Gasteiger partial charge in [-0.25, -0.2) is 4.98 Å². The van der Waals surface area contributed by atoms with Crippen molar-refractivity contribution in [3.05, 3.63) is 158 Å². The van der Waals surface area contributed by atoms with E-state index in [0.717, 1.165) is 66.8 Å². The third-order valence-electron chi connectivity index (χ3n) is 9.84. The van der Waals surface area contributed by atoms with E-state index in [4.69, 9.17) is 9.40 Å². The molecular weight excluding hydrogens is 589 g/mol. The van der Waals surface area contributed by atoms with Crippen molar-refractivity contribution >= 4 is 76.6 Å². The maximum absolute atomic E-state index is 6.34. The molecule has 0 spiro atoms. The van der Waals surface area contributed by atoms with Gasteiger partial charge in [0.15, 0.2) is 0 Å². The first kappa shape index (κ1) is 25.6. The third-order valence-corrected chi connectivity index (χ3v) is 9.84. The first-order valence-corrected chi connectivity index (χ1v) is 16.2. The normalized spacial score (nSPS) is 12.2. The second-order valence-corrected chi connectivity index (χ2v) is 12.4. The van der Waals surface area contributed by atoms with Gasteiger partial charge in [-0.05, 0) is 60.7 Å². The molecule has 5 heteroatoms. The number of imidazole rings is 1. The van der Waals surface area contributed by atoms with Crippen LogP contribution in [0.2, 0.25) is 0 Å². The largest absolute Gasteiger partial charge is 0.456 e. The molecular formula is C43H26N4O. The van der Waals surface area contributed by atoms with Crippen LogP contribution in [0.5, 0.6) is 0 Å². The molecule has 4 aromatic heterocycles. The Labute approximate surface area is 274 Å². The minimum atomic E-state index is 0.837. The highest BCUT2D eigenvalue weighted by atomic mass is 16.3. The van der Waals surface area contributed by atoms with E-state index in [1.54, 1.807) is 0 Å². The summed E-state index contributed by atoms with van der Waals surface area (Å²) < 4.78 is 13.3. The second kappa shape index (κ2) is 9.47. The number of hydrogen-bond acceptors (Lipinski definition) is 2. The van der Waals surface area contributed by atoms with Gasteiger partial charge >= 0.3 is 0 Å². The molecule has 0 unspecified atom stereocenters.